The summed E-state index contributed by atoms with van der Waals surface area (Å²) < 4.78 is 5.42. The first-order valence-electron chi connectivity index (χ1n) is 6.18. The quantitative estimate of drug-likeness (QED) is 0.888. The fraction of sp³-hybridized carbons (Fsp3) is 0.667. The van der Waals surface area contributed by atoms with Crippen LogP contribution in [0.5, 0.6) is 0 Å². The van der Waals surface area contributed by atoms with Gasteiger partial charge in [-0.1, -0.05) is 0 Å². The summed E-state index contributed by atoms with van der Waals surface area (Å²) in [5, 5.41) is 2.58. The minimum absolute atomic E-state index is 0.0310. The van der Waals surface area contributed by atoms with Crippen LogP contribution in [0.1, 0.15) is 28.3 Å². The first-order chi connectivity index (χ1) is 8.70. The predicted molar refractivity (Wildman–Crippen MR) is 70.5 cm³/mol. The second-order valence-electron chi connectivity index (χ2n) is 4.60. The third-order valence-corrected chi connectivity index (χ3v) is 3.95. The second-order valence-corrected chi connectivity index (χ2v) is 5.54. The number of amides is 1. The van der Waals surface area contributed by atoms with Crippen molar-refractivity contribution in [2.75, 3.05) is 26.8 Å². The van der Waals surface area contributed by atoms with E-state index in [2.05, 4.69) is 4.98 Å². The van der Waals surface area contributed by atoms with E-state index in [-0.39, 0.29) is 5.91 Å². The molecule has 5 nitrogen and oxygen atoms in total. The highest BCUT2D eigenvalue weighted by Crippen LogP contribution is 2.16. The van der Waals surface area contributed by atoms with Crippen molar-refractivity contribution >= 4 is 17.2 Å². The zero-order chi connectivity index (χ0) is 13.0. The van der Waals surface area contributed by atoms with E-state index in [1.807, 2.05) is 7.05 Å². The van der Waals surface area contributed by atoms with Gasteiger partial charge in [0.25, 0.3) is 5.91 Å². The molecule has 0 spiro atoms. The van der Waals surface area contributed by atoms with Gasteiger partial charge in [-0.25, -0.2) is 4.98 Å². The van der Waals surface area contributed by atoms with Gasteiger partial charge < -0.3 is 15.4 Å². The van der Waals surface area contributed by atoms with Crippen LogP contribution < -0.4 is 5.73 Å². The molecule has 1 aromatic rings. The first-order valence-corrected chi connectivity index (χ1v) is 7.06. The number of thiazole rings is 1. The molecule has 1 amide bonds. The molecule has 2 N–H and O–H groups in total. The Labute approximate surface area is 111 Å². The number of nitrogens with zero attached hydrogens (tertiary/aromatic N) is 2. The maximum atomic E-state index is 12.1. The van der Waals surface area contributed by atoms with Gasteiger partial charge in [-0.15, -0.1) is 11.3 Å². The Bertz CT molecular complexity index is 402. The fourth-order valence-corrected chi connectivity index (χ4v) is 2.77. The Morgan fingerprint density at radius 2 is 2.56 bits per heavy atom. The molecule has 1 aliphatic heterocycles. The first kappa shape index (κ1) is 13.5. The SMILES string of the molecule is CN(CC1CCCOC1)C(=O)c1csc(CN)n1. The topological polar surface area (TPSA) is 68.5 Å². The van der Waals surface area contributed by atoms with Gasteiger partial charge in [-0.3, -0.25) is 4.79 Å². The number of rotatable bonds is 4. The Kier molecular flexibility index (Phi) is 4.68. The lowest BCUT2D eigenvalue weighted by Crippen LogP contribution is -2.35. The molecule has 1 atom stereocenters. The molecule has 18 heavy (non-hydrogen) atoms. The van der Waals surface area contributed by atoms with Crippen molar-refractivity contribution in [1.29, 1.82) is 0 Å². The van der Waals surface area contributed by atoms with Gasteiger partial charge in [0.15, 0.2) is 0 Å². The summed E-state index contributed by atoms with van der Waals surface area (Å²) in [6, 6.07) is 0. The largest absolute Gasteiger partial charge is 0.381 e. The van der Waals surface area contributed by atoms with Crippen molar-refractivity contribution in [1.82, 2.24) is 9.88 Å². The molecule has 1 aliphatic rings. The summed E-state index contributed by atoms with van der Waals surface area (Å²) in [5.41, 5.74) is 6.00. The lowest BCUT2D eigenvalue weighted by molar-refractivity contribution is 0.0387. The zero-order valence-corrected chi connectivity index (χ0v) is 11.4. The van der Waals surface area contributed by atoms with Gasteiger partial charge >= 0.3 is 0 Å². The minimum Gasteiger partial charge on any atom is -0.381 e. The molecule has 100 valence electrons. The van der Waals surface area contributed by atoms with Gasteiger partial charge in [0.1, 0.15) is 10.7 Å². The van der Waals surface area contributed by atoms with Crippen molar-refractivity contribution in [3.8, 4) is 0 Å². The standard InChI is InChI=1S/C12H19N3O2S/c1-15(6-9-3-2-4-17-7-9)12(16)10-8-18-11(5-13)14-10/h8-9H,2-7,13H2,1H3. The lowest BCUT2D eigenvalue weighted by atomic mass is 10.0. The van der Waals surface area contributed by atoms with E-state index in [1.54, 1.807) is 10.3 Å². The van der Waals surface area contributed by atoms with Crippen molar-refractivity contribution in [2.45, 2.75) is 19.4 Å². The van der Waals surface area contributed by atoms with Gasteiger partial charge in [-0.2, -0.15) is 0 Å². The number of aromatic nitrogens is 1. The highest BCUT2D eigenvalue weighted by molar-refractivity contribution is 7.09. The summed E-state index contributed by atoms with van der Waals surface area (Å²) in [7, 11) is 1.82. The van der Waals surface area contributed by atoms with Crippen molar-refractivity contribution < 1.29 is 9.53 Å². The van der Waals surface area contributed by atoms with E-state index in [1.165, 1.54) is 11.3 Å². The smallest absolute Gasteiger partial charge is 0.273 e. The summed E-state index contributed by atoms with van der Waals surface area (Å²) in [6.07, 6.45) is 2.21. The number of hydrogen-bond donors (Lipinski definition) is 1. The Hall–Kier alpha value is -0.980. The van der Waals surface area contributed by atoms with Gasteiger partial charge in [0, 0.05) is 32.1 Å². The van der Waals surface area contributed by atoms with Crippen LogP contribution in [0.25, 0.3) is 0 Å². The van der Waals surface area contributed by atoms with E-state index >= 15 is 0 Å². The fourth-order valence-electron chi connectivity index (χ4n) is 2.12. The molecular formula is C12H19N3O2S. The Morgan fingerprint density at radius 1 is 1.72 bits per heavy atom. The molecule has 1 unspecified atom stereocenters. The summed E-state index contributed by atoms with van der Waals surface area (Å²) in [5.74, 6) is 0.414. The molecule has 6 heteroatoms. The van der Waals surface area contributed by atoms with Crippen LogP contribution >= 0.6 is 11.3 Å². The maximum absolute atomic E-state index is 12.1. The molecule has 1 saturated heterocycles. The summed E-state index contributed by atoms with van der Waals surface area (Å²) in [6.45, 7) is 2.72. The molecule has 1 aromatic heterocycles. The molecular weight excluding hydrogens is 250 g/mol. The van der Waals surface area contributed by atoms with Crippen LogP contribution in [0.3, 0.4) is 0 Å². The third-order valence-electron chi connectivity index (χ3n) is 3.08. The van der Waals surface area contributed by atoms with Gasteiger partial charge in [0.05, 0.1) is 6.61 Å². The second kappa shape index (κ2) is 6.26. The number of nitrogens with two attached hydrogens (primary N) is 1. The highest BCUT2D eigenvalue weighted by atomic mass is 32.1. The van der Waals surface area contributed by atoms with Crippen LogP contribution in [0, 0.1) is 5.92 Å². The van der Waals surface area contributed by atoms with Gasteiger partial charge in [0.2, 0.25) is 0 Å². The molecule has 2 heterocycles. The van der Waals surface area contributed by atoms with Crippen LogP contribution in [0.2, 0.25) is 0 Å². The van der Waals surface area contributed by atoms with Crippen LogP contribution in [-0.2, 0) is 11.3 Å². The van der Waals surface area contributed by atoms with Gasteiger partial charge in [-0.05, 0) is 18.8 Å². The molecule has 0 saturated carbocycles. The van der Waals surface area contributed by atoms with Crippen molar-refractivity contribution in [3.05, 3.63) is 16.1 Å². The monoisotopic (exact) mass is 269 g/mol. The maximum Gasteiger partial charge on any atom is 0.273 e. The molecule has 0 bridgehead atoms. The Morgan fingerprint density at radius 3 is 3.17 bits per heavy atom. The molecule has 1 fully saturated rings. The summed E-state index contributed by atoms with van der Waals surface area (Å²) in [4.78, 5) is 18.1. The van der Waals surface area contributed by atoms with E-state index in [4.69, 9.17) is 10.5 Å². The minimum atomic E-state index is -0.0310. The van der Waals surface area contributed by atoms with Crippen LogP contribution in [0.4, 0.5) is 0 Å². The van der Waals surface area contributed by atoms with Crippen molar-refractivity contribution in [2.24, 2.45) is 11.7 Å². The third kappa shape index (κ3) is 3.28. The normalized spacial score (nSPS) is 19.8. The Balaban J connectivity index is 1.91. The average molecular weight is 269 g/mol. The van der Waals surface area contributed by atoms with Crippen molar-refractivity contribution in [3.63, 3.8) is 0 Å². The number of carbonyl (C=O) groups is 1. The number of ether oxygens (including phenoxy) is 1. The molecule has 0 aromatic carbocycles. The number of hydrogen-bond acceptors (Lipinski definition) is 5. The van der Waals surface area contributed by atoms with Crippen LogP contribution in [-0.4, -0.2) is 42.6 Å². The summed E-state index contributed by atoms with van der Waals surface area (Å²) >= 11 is 1.43. The zero-order valence-electron chi connectivity index (χ0n) is 10.6. The van der Waals surface area contributed by atoms with Crippen LogP contribution in [0.15, 0.2) is 5.38 Å². The average Bonchev–Trinajstić information content (AvgIpc) is 2.87. The lowest BCUT2D eigenvalue weighted by Gasteiger charge is -2.26. The number of carbonyl (C=O) groups excluding carboxylic acids is 1. The predicted octanol–water partition coefficient (Wildman–Crippen LogP) is 1.10. The molecule has 2 rings (SSSR count). The molecule has 0 aliphatic carbocycles. The van der Waals surface area contributed by atoms with E-state index in [9.17, 15) is 4.79 Å². The van der Waals surface area contributed by atoms with E-state index in [0.29, 0.717) is 18.2 Å². The molecule has 0 radical (unpaired) electrons. The van der Waals surface area contributed by atoms with E-state index < -0.39 is 0 Å². The van der Waals surface area contributed by atoms with E-state index in [0.717, 1.165) is 37.6 Å². The highest BCUT2D eigenvalue weighted by Gasteiger charge is 2.21.